The van der Waals surface area contributed by atoms with Gasteiger partial charge in [-0.15, -0.1) is 11.8 Å². The second kappa shape index (κ2) is 5.60. The first-order valence-corrected chi connectivity index (χ1v) is 6.66. The smallest absolute Gasteiger partial charge is 0.255 e. The number of carbonyl (C=O) groups excluding carboxylic acids is 1. The van der Waals surface area contributed by atoms with Crippen LogP contribution >= 0.6 is 11.8 Å². The lowest BCUT2D eigenvalue weighted by molar-refractivity contribution is 0.102. The number of rotatable bonds is 3. The lowest BCUT2D eigenvalue weighted by Crippen LogP contribution is -2.11. The Morgan fingerprint density at radius 2 is 1.78 bits per heavy atom. The van der Waals surface area contributed by atoms with Crippen LogP contribution in [-0.4, -0.2) is 17.3 Å². The van der Waals surface area contributed by atoms with Crippen molar-refractivity contribution in [3.8, 4) is 5.75 Å². The lowest BCUT2D eigenvalue weighted by atomic mass is 10.2. The molecule has 0 radical (unpaired) electrons. The summed E-state index contributed by atoms with van der Waals surface area (Å²) >= 11 is 1.62. The maximum absolute atomic E-state index is 11.9. The van der Waals surface area contributed by atoms with Crippen molar-refractivity contribution in [2.24, 2.45) is 0 Å². The second-order valence-corrected chi connectivity index (χ2v) is 4.58. The first kappa shape index (κ1) is 12.5. The number of hydrogen-bond acceptors (Lipinski definition) is 3. The molecule has 0 aliphatic heterocycles. The molecule has 0 fully saturated rings. The third-order valence-corrected chi connectivity index (χ3v) is 3.25. The van der Waals surface area contributed by atoms with Gasteiger partial charge >= 0.3 is 0 Å². The van der Waals surface area contributed by atoms with Crippen molar-refractivity contribution in [3.63, 3.8) is 0 Å². The summed E-state index contributed by atoms with van der Waals surface area (Å²) in [6, 6.07) is 14.0. The summed E-state index contributed by atoms with van der Waals surface area (Å²) in [5.41, 5.74) is 0.979. The molecule has 0 saturated carbocycles. The molecule has 1 amide bonds. The van der Waals surface area contributed by atoms with Gasteiger partial charge in [-0.05, 0) is 42.7 Å². The number of para-hydroxylation sites is 2. The fraction of sp³-hybridized carbons (Fsp3) is 0.0714. The van der Waals surface area contributed by atoms with Crippen LogP contribution in [0.5, 0.6) is 5.75 Å². The van der Waals surface area contributed by atoms with E-state index >= 15 is 0 Å². The number of amides is 1. The summed E-state index contributed by atoms with van der Waals surface area (Å²) in [5, 5.41) is 12.2. The zero-order valence-electron chi connectivity index (χ0n) is 9.88. The second-order valence-electron chi connectivity index (χ2n) is 3.70. The van der Waals surface area contributed by atoms with E-state index in [1.165, 1.54) is 6.07 Å². The van der Waals surface area contributed by atoms with Gasteiger partial charge in [0.1, 0.15) is 5.75 Å². The number of aromatic hydroxyl groups is 1. The number of phenolic OH excluding ortho intramolecular Hbond substituents is 1. The van der Waals surface area contributed by atoms with Gasteiger partial charge in [-0.3, -0.25) is 4.79 Å². The molecular formula is C14H13NO2S. The molecular weight excluding hydrogens is 246 g/mol. The molecule has 2 rings (SSSR count). The highest BCUT2D eigenvalue weighted by molar-refractivity contribution is 7.98. The number of carbonyl (C=O) groups is 1. The lowest BCUT2D eigenvalue weighted by Gasteiger charge is -2.07. The molecule has 0 heterocycles. The molecule has 0 aromatic heterocycles. The fourth-order valence-electron chi connectivity index (χ4n) is 1.52. The highest BCUT2D eigenvalue weighted by atomic mass is 32.2. The molecule has 0 aliphatic rings. The molecule has 4 heteroatoms. The summed E-state index contributed by atoms with van der Waals surface area (Å²) in [6.45, 7) is 0. The van der Waals surface area contributed by atoms with Crippen molar-refractivity contribution in [3.05, 3.63) is 54.1 Å². The van der Waals surface area contributed by atoms with E-state index in [9.17, 15) is 9.90 Å². The van der Waals surface area contributed by atoms with Gasteiger partial charge in [-0.1, -0.05) is 12.1 Å². The van der Waals surface area contributed by atoms with Crippen LogP contribution < -0.4 is 5.32 Å². The number of benzene rings is 2. The summed E-state index contributed by atoms with van der Waals surface area (Å²) in [4.78, 5) is 13.0. The van der Waals surface area contributed by atoms with Crippen LogP contribution in [-0.2, 0) is 0 Å². The SMILES string of the molecule is CSc1ccc(C(=O)Nc2ccccc2O)cc1. The topological polar surface area (TPSA) is 49.3 Å². The summed E-state index contributed by atoms with van der Waals surface area (Å²) in [5.74, 6) is -0.171. The van der Waals surface area contributed by atoms with E-state index < -0.39 is 0 Å². The van der Waals surface area contributed by atoms with Gasteiger partial charge in [0, 0.05) is 10.5 Å². The predicted molar refractivity (Wildman–Crippen MR) is 74.3 cm³/mol. The molecule has 2 aromatic carbocycles. The van der Waals surface area contributed by atoms with Crippen molar-refractivity contribution >= 4 is 23.4 Å². The standard InChI is InChI=1S/C14H13NO2S/c1-18-11-8-6-10(7-9-11)14(17)15-12-4-2-3-5-13(12)16/h2-9,16H,1H3,(H,15,17). The van der Waals surface area contributed by atoms with Crippen LogP contribution in [0.3, 0.4) is 0 Å². The Labute approximate surface area is 110 Å². The summed E-state index contributed by atoms with van der Waals surface area (Å²) in [6.07, 6.45) is 1.98. The van der Waals surface area contributed by atoms with E-state index in [2.05, 4.69) is 5.32 Å². The minimum Gasteiger partial charge on any atom is -0.506 e. The van der Waals surface area contributed by atoms with E-state index in [1.807, 2.05) is 18.4 Å². The third kappa shape index (κ3) is 2.84. The third-order valence-electron chi connectivity index (χ3n) is 2.50. The van der Waals surface area contributed by atoms with Crippen LogP contribution in [0.4, 0.5) is 5.69 Å². The van der Waals surface area contributed by atoms with Crippen LogP contribution in [0.2, 0.25) is 0 Å². The molecule has 2 aromatic rings. The minimum atomic E-state index is -0.232. The van der Waals surface area contributed by atoms with Gasteiger partial charge in [0.15, 0.2) is 0 Å². The monoisotopic (exact) mass is 259 g/mol. The van der Waals surface area contributed by atoms with Crippen molar-refractivity contribution in [2.75, 3.05) is 11.6 Å². The Bertz CT molecular complexity index is 552. The van der Waals surface area contributed by atoms with Crippen molar-refractivity contribution in [1.29, 1.82) is 0 Å². The summed E-state index contributed by atoms with van der Waals surface area (Å²) < 4.78 is 0. The molecule has 0 atom stereocenters. The average Bonchev–Trinajstić information content (AvgIpc) is 2.41. The molecule has 2 N–H and O–H groups in total. The van der Waals surface area contributed by atoms with Crippen LogP contribution in [0.25, 0.3) is 0 Å². The highest BCUT2D eigenvalue weighted by Gasteiger charge is 2.08. The van der Waals surface area contributed by atoms with E-state index in [4.69, 9.17) is 0 Å². The van der Waals surface area contributed by atoms with Crippen molar-refractivity contribution in [1.82, 2.24) is 0 Å². The number of anilines is 1. The highest BCUT2D eigenvalue weighted by Crippen LogP contribution is 2.22. The molecule has 0 saturated heterocycles. The van der Waals surface area contributed by atoms with Gasteiger partial charge in [-0.2, -0.15) is 0 Å². The predicted octanol–water partition coefficient (Wildman–Crippen LogP) is 3.37. The van der Waals surface area contributed by atoms with E-state index in [0.29, 0.717) is 11.3 Å². The number of thioether (sulfide) groups is 1. The Balaban J connectivity index is 2.14. The van der Waals surface area contributed by atoms with Gasteiger partial charge in [-0.25, -0.2) is 0 Å². The van der Waals surface area contributed by atoms with Gasteiger partial charge in [0.2, 0.25) is 0 Å². The zero-order chi connectivity index (χ0) is 13.0. The first-order valence-electron chi connectivity index (χ1n) is 5.44. The molecule has 0 spiro atoms. The maximum atomic E-state index is 11.9. The summed E-state index contributed by atoms with van der Waals surface area (Å²) in [7, 11) is 0. The number of phenols is 1. The fourth-order valence-corrected chi connectivity index (χ4v) is 1.92. The number of nitrogens with one attached hydrogen (secondary N) is 1. The van der Waals surface area contributed by atoms with Gasteiger partial charge < -0.3 is 10.4 Å². The molecule has 0 bridgehead atoms. The minimum absolute atomic E-state index is 0.0617. The van der Waals surface area contributed by atoms with Crippen LogP contribution in [0.1, 0.15) is 10.4 Å². The largest absolute Gasteiger partial charge is 0.506 e. The first-order chi connectivity index (χ1) is 8.70. The molecule has 18 heavy (non-hydrogen) atoms. The van der Waals surface area contributed by atoms with E-state index in [0.717, 1.165) is 4.90 Å². The average molecular weight is 259 g/mol. The van der Waals surface area contributed by atoms with Gasteiger partial charge in [0.05, 0.1) is 5.69 Å². The van der Waals surface area contributed by atoms with E-state index in [1.54, 1.807) is 42.1 Å². The van der Waals surface area contributed by atoms with Crippen molar-refractivity contribution < 1.29 is 9.90 Å². The quantitative estimate of drug-likeness (QED) is 0.656. The Kier molecular flexibility index (Phi) is 3.89. The molecule has 92 valence electrons. The van der Waals surface area contributed by atoms with Crippen LogP contribution in [0, 0.1) is 0 Å². The van der Waals surface area contributed by atoms with Crippen LogP contribution in [0.15, 0.2) is 53.4 Å². The Morgan fingerprint density at radius 1 is 1.11 bits per heavy atom. The van der Waals surface area contributed by atoms with Crippen molar-refractivity contribution in [2.45, 2.75) is 4.90 Å². The number of hydrogen-bond donors (Lipinski definition) is 2. The normalized spacial score (nSPS) is 10.1. The van der Waals surface area contributed by atoms with E-state index in [-0.39, 0.29) is 11.7 Å². The maximum Gasteiger partial charge on any atom is 0.255 e. The zero-order valence-corrected chi connectivity index (χ0v) is 10.7. The Morgan fingerprint density at radius 3 is 2.39 bits per heavy atom. The van der Waals surface area contributed by atoms with Gasteiger partial charge in [0.25, 0.3) is 5.91 Å². The molecule has 0 unspecified atom stereocenters. The molecule has 0 aliphatic carbocycles. The molecule has 3 nitrogen and oxygen atoms in total. The Hall–Kier alpha value is -1.94.